The van der Waals surface area contributed by atoms with Crippen molar-refractivity contribution in [2.75, 3.05) is 19.3 Å². The normalized spacial score (nSPS) is 19.4. The molecule has 21 heavy (non-hydrogen) atoms. The van der Waals surface area contributed by atoms with E-state index in [1.165, 1.54) is 10.6 Å². The van der Waals surface area contributed by atoms with E-state index in [2.05, 4.69) is 10.6 Å². The molecule has 1 aliphatic rings. The van der Waals surface area contributed by atoms with E-state index in [9.17, 15) is 13.2 Å². The van der Waals surface area contributed by atoms with Gasteiger partial charge in [-0.1, -0.05) is 30.3 Å². The van der Waals surface area contributed by atoms with Crippen LogP contribution in [0.1, 0.15) is 18.4 Å². The average Bonchev–Trinajstić information content (AvgIpc) is 2.92. The fourth-order valence-electron chi connectivity index (χ4n) is 2.50. The van der Waals surface area contributed by atoms with Gasteiger partial charge in [-0.05, 0) is 18.4 Å². The van der Waals surface area contributed by atoms with Gasteiger partial charge in [0, 0.05) is 25.7 Å². The highest BCUT2D eigenvalue weighted by Crippen LogP contribution is 2.19. The molecule has 0 aliphatic carbocycles. The molecule has 1 aromatic rings. The standard InChI is InChI=1S/C14H21N3O3S/c1-21(19,20)17-9-5-8-13(17)11-16-14(18)15-10-12-6-3-2-4-7-12/h2-4,6-7,13H,5,8-11H2,1H3,(H2,15,16,18). The molecule has 1 saturated heterocycles. The zero-order valence-electron chi connectivity index (χ0n) is 12.1. The SMILES string of the molecule is CS(=O)(=O)N1CCCC1CNC(=O)NCc1ccccc1. The zero-order valence-corrected chi connectivity index (χ0v) is 12.9. The molecule has 0 spiro atoms. The van der Waals surface area contributed by atoms with Crippen LogP contribution in [0, 0.1) is 0 Å². The number of carbonyl (C=O) groups is 1. The Labute approximate surface area is 125 Å². The number of sulfonamides is 1. The molecular weight excluding hydrogens is 290 g/mol. The molecule has 0 bridgehead atoms. The van der Waals surface area contributed by atoms with E-state index >= 15 is 0 Å². The summed E-state index contributed by atoms with van der Waals surface area (Å²) < 4.78 is 24.7. The fourth-order valence-corrected chi connectivity index (χ4v) is 3.68. The van der Waals surface area contributed by atoms with Gasteiger partial charge in [0.2, 0.25) is 10.0 Å². The van der Waals surface area contributed by atoms with E-state index in [1.54, 1.807) is 0 Å². The molecule has 0 aromatic heterocycles. The van der Waals surface area contributed by atoms with E-state index in [1.807, 2.05) is 30.3 Å². The number of hydrogen-bond acceptors (Lipinski definition) is 3. The highest BCUT2D eigenvalue weighted by Gasteiger charge is 2.31. The van der Waals surface area contributed by atoms with E-state index in [4.69, 9.17) is 0 Å². The number of nitrogens with zero attached hydrogens (tertiary/aromatic N) is 1. The minimum atomic E-state index is -3.19. The van der Waals surface area contributed by atoms with E-state index < -0.39 is 10.0 Å². The third kappa shape index (κ3) is 4.71. The summed E-state index contributed by atoms with van der Waals surface area (Å²) in [6, 6.07) is 9.20. The van der Waals surface area contributed by atoms with E-state index in [-0.39, 0.29) is 12.1 Å². The van der Waals surface area contributed by atoms with Crippen LogP contribution in [-0.4, -0.2) is 44.1 Å². The van der Waals surface area contributed by atoms with Crippen molar-refractivity contribution in [3.8, 4) is 0 Å². The molecule has 0 radical (unpaired) electrons. The Morgan fingerprint density at radius 3 is 2.67 bits per heavy atom. The lowest BCUT2D eigenvalue weighted by Crippen LogP contribution is -2.45. The lowest BCUT2D eigenvalue weighted by molar-refractivity contribution is 0.237. The molecule has 1 aliphatic heterocycles. The average molecular weight is 311 g/mol. The molecule has 2 N–H and O–H groups in total. The van der Waals surface area contributed by atoms with Gasteiger partial charge in [0.05, 0.1) is 6.26 Å². The first kappa shape index (κ1) is 15.8. The Bertz CT molecular complexity index is 574. The quantitative estimate of drug-likeness (QED) is 0.848. The summed E-state index contributed by atoms with van der Waals surface area (Å²) in [5.74, 6) is 0. The first-order chi connectivity index (χ1) is 9.97. The Hall–Kier alpha value is -1.60. The number of carbonyl (C=O) groups excluding carboxylic acids is 1. The third-order valence-electron chi connectivity index (χ3n) is 3.54. The van der Waals surface area contributed by atoms with Crippen LogP contribution in [0.25, 0.3) is 0 Å². The largest absolute Gasteiger partial charge is 0.337 e. The maximum atomic E-state index is 11.7. The Balaban J connectivity index is 1.76. The highest BCUT2D eigenvalue weighted by molar-refractivity contribution is 7.88. The fraction of sp³-hybridized carbons (Fsp3) is 0.500. The van der Waals surface area contributed by atoms with Gasteiger partial charge in [0.25, 0.3) is 0 Å². The number of rotatable bonds is 5. The summed E-state index contributed by atoms with van der Waals surface area (Å²) in [7, 11) is -3.19. The van der Waals surface area contributed by atoms with Crippen molar-refractivity contribution >= 4 is 16.1 Å². The van der Waals surface area contributed by atoms with Crippen molar-refractivity contribution in [3.05, 3.63) is 35.9 Å². The molecule has 2 rings (SSSR count). The van der Waals surface area contributed by atoms with Crippen molar-refractivity contribution in [3.63, 3.8) is 0 Å². The third-order valence-corrected chi connectivity index (χ3v) is 4.88. The second-order valence-corrected chi connectivity index (χ2v) is 7.15. The number of urea groups is 1. The second-order valence-electron chi connectivity index (χ2n) is 5.22. The van der Waals surface area contributed by atoms with Crippen LogP contribution in [0.5, 0.6) is 0 Å². The van der Waals surface area contributed by atoms with Crippen LogP contribution >= 0.6 is 0 Å². The predicted octanol–water partition coefficient (Wildman–Crippen LogP) is 0.910. The van der Waals surface area contributed by atoms with Crippen LogP contribution < -0.4 is 10.6 Å². The molecule has 1 fully saturated rings. The van der Waals surface area contributed by atoms with Gasteiger partial charge in [-0.3, -0.25) is 0 Å². The minimum absolute atomic E-state index is 0.137. The first-order valence-corrected chi connectivity index (χ1v) is 8.84. The Kier molecular flexibility index (Phi) is 5.19. The molecular formula is C14H21N3O3S. The smallest absolute Gasteiger partial charge is 0.315 e. The summed E-state index contributed by atoms with van der Waals surface area (Å²) in [5, 5.41) is 5.50. The topological polar surface area (TPSA) is 78.5 Å². The lowest BCUT2D eigenvalue weighted by Gasteiger charge is -2.22. The van der Waals surface area contributed by atoms with Crippen molar-refractivity contribution in [2.45, 2.75) is 25.4 Å². The monoisotopic (exact) mass is 311 g/mol. The molecule has 116 valence electrons. The van der Waals surface area contributed by atoms with E-state index in [0.29, 0.717) is 19.6 Å². The maximum Gasteiger partial charge on any atom is 0.315 e. The lowest BCUT2D eigenvalue weighted by atomic mass is 10.2. The van der Waals surface area contributed by atoms with Crippen LogP contribution in [0.4, 0.5) is 4.79 Å². The van der Waals surface area contributed by atoms with Crippen molar-refractivity contribution in [1.29, 1.82) is 0 Å². The summed E-state index contributed by atoms with van der Waals surface area (Å²) in [6.07, 6.45) is 2.83. The molecule has 1 unspecified atom stereocenters. The van der Waals surface area contributed by atoms with Crippen molar-refractivity contribution in [1.82, 2.24) is 14.9 Å². The first-order valence-electron chi connectivity index (χ1n) is 6.99. The molecule has 1 atom stereocenters. The number of amides is 2. The van der Waals surface area contributed by atoms with Crippen LogP contribution in [0.2, 0.25) is 0 Å². The molecule has 1 aromatic carbocycles. The van der Waals surface area contributed by atoms with Gasteiger partial charge in [0.1, 0.15) is 0 Å². The van der Waals surface area contributed by atoms with Gasteiger partial charge in [-0.2, -0.15) is 4.31 Å². The van der Waals surface area contributed by atoms with Gasteiger partial charge < -0.3 is 10.6 Å². The van der Waals surface area contributed by atoms with Gasteiger partial charge in [-0.15, -0.1) is 0 Å². The Morgan fingerprint density at radius 2 is 2.00 bits per heavy atom. The minimum Gasteiger partial charge on any atom is -0.337 e. The summed E-state index contributed by atoms with van der Waals surface area (Å²) >= 11 is 0. The van der Waals surface area contributed by atoms with Crippen molar-refractivity contribution < 1.29 is 13.2 Å². The zero-order chi connectivity index (χ0) is 15.3. The summed E-state index contributed by atoms with van der Waals surface area (Å²) in [5.41, 5.74) is 1.02. The number of hydrogen-bond donors (Lipinski definition) is 2. The van der Waals surface area contributed by atoms with Gasteiger partial charge >= 0.3 is 6.03 Å². The van der Waals surface area contributed by atoms with Crippen LogP contribution in [0.15, 0.2) is 30.3 Å². The van der Waals surface area contributed by atoms with Gasteiger partial charge in [0.15, 0.2) is 0 Å². The molecule has 1 heterocycles. The Morgan fingerprint density at radius 1 is 1.29 bits per heavy atom. The summed E-state index contributed by atoms with van der Waals surface area (Å²) in [6.45, 7) is 1.33. The molecule has 2 amide bonds. The molecule has 0 saturated carbocycles. The van der Waals surface area contributed by atoms with Crippen molar-refractivity contribution in [2.24, 2.45) is 0 Å². The predicted molar refractivity (Wildman–Crippen MR) is 81.3 cm³/mol. The summed E-state index contributed by atoms with van der Waals surface area (Å²) in [4.78, 5) is 11.7. The van der Waals surface area contributed by atoms with E-state index in [0.717, 1.165) is 18.4 Å². The highest BCUT2D eigenvalue weighted by atomic mass is 32.2. The molecule has 6 nitrogen and oxygen atoms in total. The van der Waals surface area contributed by atoms with Crippen LogP contribution in [-0.2, 0) is 16.6 Å². The molecule has 7 heteroatoms. The number of nitrogens with one attached hydrogen (secondary N) is 2. The van der Waals surface area contributed by atoms with Gasteiger partial charge in [-0.25, -0.2) is 13.2 Å². The second kappa shape index (κ2) is 6.91. The number of benzene rings is 1. The van der Waals surface area contributed by atoms with Crippen LogP contribution in [0.3, 0.4) is 0 Å². The maximum absolute atomic E-state index is 11.7.